The summed E-state index contributed by atoms with van der Waals surface area (Å²) in [6.45, 7) is 4.01. The average molecular weight is 378 g/mol. The van der Waals surface area contributed by atoms with Gasteiger partial charge < -0.3 is 19.4 Å². The zero-order valence-corrected chi connectivity index (χ0v) is 16.4. The lowest BCUT2D eigenvalue weighted by molar-refractivity contribution is -0.136. The van der Waals surface area contributed by atoms with Gasteiger partial charge in [0.25, 0.3) is 0 Å². The van der Waals surface area contributed by atoms with Gasteiger partial charge in [0.05, 0.1) is 10.9 Å². The molecule has 1 aromatic heterocycles. The molecule has 0 aliphatic carbocycles. The maximum absolute atomic E-state index is 12.1. The third kappa shape index (κ3) is 3.62. The summed E-state index contributed by atoms with van der Waals surface area (Å²) in [5, 5.41) is 0. The number of nitrogens with zero attached hydrogens (tertiary/aromatic N) is 5. The van der Waals surface area contributed by atoms with Gasteiger partial charge in [-0.05, 0) is 19.3 Å². The summed E-state index contributed by atoms with van der Waals surface area (Å²) in [6.07, 6.45) is 5.10. The first-order valence-electron chi connectivity index (χ1n) is 9.32. The molecule has 4 rings (SSSR count). The van der Waals surface area contributed by atoms with Crippen LogP contribution in [0, 0.1) is 0 Å². The molecule has 0 N–H and O–H groups in total. The van der Waals surface area contributed by atoms with E-state index in [9.17, 15) is 4.79 Å². The maximum atomic E-state index is 12.1. The Balaban J connectivity index is 1.26. The van der Waals surface area contributed by atoms with E-state index in [1.807, 2.05) is 41.7 Å². The van der Waals surface area contributed by atoms with Crippen LogP contribution in [0.3, 0.4) is 0 Å². The average Bonchev–Trinajstić information content (AvgIpc) is 3.28. The fraction of sp³-hybridized carbons (Fsp3) is 0.722. The Morgan fingerprint density at radius 1 is 1.35 bits per heavy atom. The van der Waals surface area contributed by atoms with E-state index in [0.29, 0.717) is 0 Å². The van der Waals surface area contributed by atoms with Crippen molar-refractivity contribution in [1.82, 2.24) is 14.9 Å². The van der Waals surface area contributed by atoms with Gasteiger partial charge in [-0.1, -0.05) is 0 Å². The summed E-state index contributed by atoms with van der Waals surface area (Å²) in [4.78, 5) is 27.1. The number of aromatic nitrogens is 2. The molecule has 1 spiro atoms. The van der Waals surface area contributed by atoms with Crippen molar-refractivity contribution in [3.05, 3.63) is 12.4 Å². The van der Waals surface area contributed by atoms with E-state index in [4.69, 9.17) is 4.74 Å². The quantitative estimate of drug-likeness (QED) is 0.765. The van der Waals surface area contributed by atoms with E-state index in [1.54, 1.807) is 6.33 Å². The molecule has 26 heavy (non-hydrogen) atoms. The molecule has 1 unspecified atom stereocenters. The van der Waals surface area contributed by atoms with Gasteiger partial charge in [0, 0.05) is 52.1 Å². The van der Waals surface area contributed by atoms with Gasteiger partial charge in [-0.15, -0.1) is 11.8 Å². The van der Waals surface area contributed by atoms with Crippen LogP contribution >= 0.6 is 11.8 Å². The SMILES string of the molecule is CN(C)c1cc(N2CC3(CC(OCC(=O)N4CCCC4)CS3)C2)ncn1. The molecule has 3 saturated heterocycles. The van der Waals surface area contributed by atoms with E-state index in [2.05, 4.69) is 14.9 Å². The zero-order chi connectivity index (χ0) is 18.1. The van der Waals surface area contributed by atoms with E-state index in [1.165, 1.54) is 0 Å². The first-order valence-corrected chi connectivity index (χ1v) is 10.3. The number of anilines is 2. The smallest absolute Gasteiger partial charge is 0.248 e. The number of likely N-dealkylation sites (tertiary alicyclic amines) is 1. The lowest BCUT2D eigenvalue weighted by Crippen LogP contribution is -2.59. The molecule has 0 saturated carbocycles. The molecule has 3 fully saturated rings. The number of hydrogen-bond acceptors (Lipinski definition) is 7. The van der Waals surface area contributed by atoms with Crippen LogP contribution in [0.1, 0.15) is 19.3 Å². The van der Waals surface area contributed by atoms with Crippen molar-refractivity contribution in [3.8, 4) is 0 Å². The molecule has 3 aliphatic rings. The number of rotatable bonds is 5. The Bertz CT molecular complexity index is 659. The Morgan fingerprint density at radius 2 is 2.12 bits per heavy atom. The Morgan fingerprint density at radius 3 is 2.85 bits per heavy atom. The predicted octanol–water partition coefficient (Wildman–Crippen LogP) is 1.25. The predicted molar refractivity (Wildman–Crippen MR) is 104 cm³/mol. The van der Waals surface area contributed by atoms with E-state index in [0.717, 1.165) is 62.8 Å². The maximum Gasteiger partial charge on any atom is 0.248 e. The molecule has 0 radical (unpaired) electrons. The van der Waals surface area contributed by atoms with Crippen LogP contribution < -0.4 is 9.80 Å². The number of carbonyl (C=O) groups excluding carboxylic acids is 1. The minimum Gasteiger partial charge on any atom is -0.367 e. The van der Waals surface area contributed by atoms with Crippen LogP contribution in [-0.2, 0) is 9.53 Å². The molecule has 4 heterocycles. The van der Waals surface area contributed by atoms with Crippen LogP contribution in [0.15, 0.2) is 12.4 Å². The molecule has 142 valence electrons. The van der Waals surface area contributed by atoms with Gasteiger partial charge in [0.1, 0.15) is 24.6 Å². The van der Waals surface area contributed by atoms with Crippen LogP contribution in [0.5, 0.6) is 0 Å². The first kappa shape index (κ1) is 17.9. The van der Waals surface area contributed by atoms with Gasteiger partial charge in [-0.25, -0.2) is 9.97 Å². The van der Waals surface area contributed by atoms with Crippen LogP contribution in [0.2, 0.25) is 0 Å². The van der Waals surface area contributed by atoms with Crippen molar-refractivity contribution >= 4 is 29.3 Å². The van der Waals surface area contributed by atoms with Crippen molar-refractivity contribution in [2.24, 2.45) is 0 Å². The van der Waals surface area contributed by atoms with Crippen molar-refractivity contribution in [3.63, 3.8) is 0 Å². The topological polar surface area (TPSA) is 61.8 Å². The summed E-state index contributed by atoms with van der Waals surface area (Å²) in [5.41, 5.74) is 0. The van der Waals surface area contributed by atoms with Gasteiger partial charge in [-0.2, -0.15) is 0 Å². The summed E-state index contributed by atoms with van der Waals surface area (Å²) < 4.78 is 6.19. The lowest BCUT2D eigenvalue weighted by atomic mass is 9.93. The van der Waals surface area contributed by atoms with Crippen molar-refractivity contribution in [2.75, 3.05) is 62.4 Å². The fourth-order valence-electron chi connectivity index (χ4n) is 3.94. The molecular formula is C18H27N5O2S. The molecule has 0 aromatic carbocycles. The van der Waals surface area contributed by atoms with Crippen LogP contribution in [0.4, 0.5) is 11.6 Å². The van der Waals surface area contributed by atoms with Crippen molar-refractivity contribution < 1.29 is 9.53 Å². The molecule has 0 bridgehead atoms. The standard InChI is InChI=1S/C18H27N5O2S/c1-21(2)15-7-16(20-13-19-15)23-11-18(12-23)8-14(10-26-18)25-9-17(24)22-5-3-4-6-22/h7,13-14H,3-6,8-12H2,1-2H3. The summed E-state index contributed by atoms with van der Waals surface area (Å²) in [6, 6.07) is 2.04. The van der Waals surface area contributed by atoms with Gasteiger partial charge >= 0.3 is 0 Å². The number of amides is 1. The number of hydrogen-bond donors (Lipinski definition) is 0. The molecule has 8 heteroatoms. The zero-order valence-electron chi connectivity index (χ0n) is 15.6. The molecule has 1 atom stereocenters. The van der Waals surface area contributed by atoms with Crippen LogP contribution in [-0.4, -0.2) is 84.3 Å². The van der Waals surface area contributed by atoms with Gasteiger partial charge in [-0.3, -0.25) is 4.79 Å². The molecule has 3 aliphatic heterocycles. The highest BCUT2D eigenvalue weighted by Gasteiger charge is 2.50. The lowest BCUT2D eigenvalue weighted by Gasteiger charge is -2.48. The minimum atomic E-state index is 0.154. The molecule has 7 nitrogen and oxygen atoms in total. The summed E-state index contributed by atoms with van der Waals surface area (Å²) >= 11 is 1.99. The minimum absolute atomic E-state index is 0.154. The Kier molecular flexibility index (Phi) is 4.96. The summed E-state index contributed by atoms with van der Waals surface area (Å²) in [7, 11) is 3.98. The largest absolute Gasteiger partial charge is 0.367 e. The Labute approximate surface area is 159 Å². The second-order valence-electron chi connectivity index (χ2n) is 7.70. The second kappa shape index (κ2) is 7.23. The highest BCUT2D eigenvalue weighted by Crippen LogP contribution is 2.47. The molecule has 1 amide bonds. The third-order valence-electron chi connectivity index (χ3n) is 5.45. The third-order valence-corrected chi connectivity index (χ3v) is 7.03. The van der Waals surface area contributed by atoms with E-state index >= 15 is 0 Å². The van der Waals surface area contributed by atoms with Crippen LogP contribution in [0.25, 0.3) is 0 Å². The van der Waals surface area contributed by atoms with Crippen molar-refractivity contribution in [2.45, 2.75) is 30.1 Å². The first-order chi connectivity index (χ1) is 12.5. The fourth-order valence-corrected chi connectivity index (χ4v) is 5.49. The van der Waals surface area contributed by atoms with E-state index in [-0.39, 0.29) is 23.4 Å². The van der Waals surface area contributed by atoms with Gasteiger partial charge in [0.2, 0.25) is 5.91 Å². The van der Waals surface area contributed by atoms with Crippen molar-refractivity contribution in [1.29, 1.82) is 0 Å². The monoisotopic (exact) mass is 377 g/mol. The number of carbonyl (C=O) groups is 1. The highest BCUT2D eigenvalue weighted by molar-refractivity contribution is 8.01. The molecule has 1 aromatic rings. The van der Waals surface area contributed by atoms with E-state index < -0.39 is 0 Å². The normalized spacial score (nSPS) is 24.2. The van der Waals surface area contributed by atoms with Gasteiger partial charge in [0.15, 0.2) is 0 Å². The second-order valence-corrected chi connectivity index (χ2v) is 9.19. The summed E-state index contributed by atoms with van der Waals surface area (Å²) in [5.74, 6) is 3.05. The highest BCUT2D eigenvalue weighted by atomic mass is 32.2. The number of ether oxygens (including phenoxy) is 1. The molecular weight excluding hydrogens is 350 g/mol. The Hall–Kier alpha value is -1.54. The number of thioether (sulfide) groups is 1.